The molecule has 0 N–H and O–H groups in total. The van der Waals surface area contributed by atoms with E-state index in [0.717, 1.165) is 25.0 Å². The number of aldehydes is 1. The van der Waals surface area contributed by atoms with Gasteiger partial charge in [0.1, 0.15) is 0 Å². The average molecular weight is 320 g/mol. The Morgan fingerprint density at radius 1 is 1.00 bits per heavy atom. The number of hydrogen-bond acceptors (Lipinski definition) is 2. The van der Waals surface area contributed by atoms with E-state index in [1.54, 1.807) is 19.0 Å². The third-order valence-corrected chi connectivity index (χ3v) is 59.5. The summed E-state index contributed by atoms with van der Waals surface area (Å²) in [4.78, 5) is 21.3. The van der Waals surface area contributed by atoms with Crippen LogP contribution in [0.4, 0.5) is 0 Å². The first-order valence-corrected chi connectivity index (χ1v) is 14.6. The molecule has 1 aromatic rings. The summed E-state index contributed by atoms with van der Waals surface area (Å²) in [6.07, 6.45) is 1.57. The summed E-state index contributed by atoms with van der Waals surface area (Å²) in [6.45, 7) is -3.48. The molecule has 108 valence electrons. The Morgan fingerprint density at radius 2 is 1.57 bits per heavy atom. The van der Waals surface area contributed by atoms with Crippen LogP contribution in [0.2, 0.25) is 42.8 Å². The van der Waals surface area contributed by atoms with Crippen molar-refractivity contribution in [3.8, 4) is 5.75 Å². The molecule has 8 unspecified atom stereocenters. The van der Waals surface area contributed by atoms with Crippen molar-refractivity contribution >= 4 is 6.29 Å². The van der Waals surface area contributed by atoms with Crippen LogP contribution in [-0.4, -0.2) is 13.4 Å². The standard InChI is InChI=1S/C12H11O.C6H5O.Fe/c1-13-12-8-6-11(7-9-12)10-4-2-3-5-10;7-5-6-3-1-2-4-6;/h2-9H,1H3;1-5H;. The molecule has 10 saturated heterocycles. The first-order chi connectivity index (χ1) is 10.0. The molecule has 0 saturated carbocycles. The Morgan fingerprint density at radius 3 is 1.95 bits per heavy atom. The topological polar surface area (TPSA) is 26.3 Å². The van der Waals surface area contributed by atoms with Crippen LogP contribution in [-0.2, 0) is 15.6 Å². The maximum absolute atomic E-state index is 12.3. The van der Waals surface area contributed by atoms with Crippen molar-refractivity contribution in [2.24, 2.45) is 0 Å². The number of methoxy groups -OCH3 is 1. The van der Waals surface area contributed by atoms with Gasteiger partial charge in [-0.3, -0.25) is 0 Å². The molecular weight excluding hydrogens is 304 g/mol. The molecule has 0 amide bonds. The fraction of sp³-hybridized carbons (Fsp3) is 0.611. The molecule has 10 aliphatic heterocycles. The molecule has 2 nitrogen and oxygen atoms in total. The zero-order valence-corrected chi connectivity index (χ0v) is 12.8. The molecule has 0 aromatic heterocycles. The van der Waals surface area contributed by atoms with E-state index >= 15 is 0 Å². The van der Waals surface area contributed by atoms with Gasteiger partial charge < -0.3 is 0 Å². The van der Waals surface area contributed by atoms with Crippen LogP contribution in [0, 0.1) is 0 Å². The molecule has 8 atom stereocenters. The Balaban J connectivity index is 1.43. The molecule has 0 radical (unpaired) electrons. The summed E-state index contributed by atoms with van der Waals surface area (Å²) >= 11 is 0. The van der Waals surface area contributed by atoms with Crippen LogP contribution in [0.5, 0.6) is 5.75 Å². The van der Waals surface area contributed by atoms with E-state index in [1.165, 1.54) is 19.3 Å². The number of carbonyl (C=O) groups is 1. The number of fused-ring (bicyclic) bond motifs is 10. The predicted molar refractivity (Wildman–Crippen MR) is 73.4 cm³/mol. The molecule has 0 aliphatic carbocycles. The van der Waals surface area contributed by atoms with E-state index in [9.17, 15) is 4.79 Å². The third kappa shape index (κ3) is 0.0939. The molecule has 1 spiro atoms. The quantitative estimate of drug-likeness (QED) is 0.620. The summed E-state index contributed by atoms with van der Waals surface area (Å²) in [6, 6.07) is 9.13. The molecule has 3 heteroatoms. The first kappa shape index (κ1) is 8.17. The molecule has 10 heterocycles. The van der Waals surface area contributed by atoms with Gasteiger partial charge in [0.25, 0.3) is 0 Å². The summed E-state index contributed by atoms with van der Waals surface area (Å²) < 4.78 is 6.40. The monoisotopic (exact) mass is 320 g/mol. The Bertz CT molecular complexity index is 1290. The fourth-order valence-electron chi connectivity index (χ4n) is 18.7. The van der Waals surface area contributed by atoms with Gasteiger partial charge in [-0.1, -0.05) is 0 Å². The molecular formula is C18H16FeO2. The molecule has 10 fully saturated rings. The summed E-state index contributed by atoms with van der Waals surface area (Å²) in [5.41, 5.74) is 1.66. The number of carbonyl (C=O) groups excluding carboxylic acids is 1. The molecule has 11 rings (SSSR count). The van der Waals surface area contributed by atoms with Gasteiger partial charge in [-0.15, -0.1) is 0 Å². The number of hydrogen-bond donors (Lipinski definition) is 0. The fourth-order valence-corrected chi connectivity index (χ4v) is 94.1. The average Bonchev–Trinajstić information content (AvgIpc) is 3.47. The minimum atomic E-state index is -3.48. The second-order valence-electron chi connectivity index (χ2n) is 11.7. The second-order valence-corrected chi connectivity index (χ2v) is 34.9. The van der Waals surface area contributed by atoms with Crippen molar-refractivity contribution in [2.45, 2.75) is 47.2 Å². The van der Waals surface area contributed by atoms with Gasteiger partial charge in [0.05, 0.1) is 0 Å². The van der Waals surface area contributed by atoms with Gasteiger partial charge in [-0.25, -0.2) is 0 Å². The zero-order valence-electron chi connectivity index (χ0n) is 11.7. The second kappa shape index (κ2) is 0.749. The van der Waals surface area contributed by atoms with Crippen LogP contribution >= 0.6 is 0 Å². The number of rotatable bonds is 3. The van der Waals surface area contributed by atoms with Gasteiger partial charge in [0.15, 0.2) is 0 Å². The van der Waals surface area contributed by atoms with E-state index in [1.807, 2.05) is 0 Å². The van der Waals surface area contributed by atoms with Crippen molar-refractivity contribution in [1.29, 1.82) is 0 Å². The van der Waals surface area contributed by atoms with Crippen molar-refractivity contribution in [2.75, 3.05) is 7.11 Å². The zero-order chi connectivity index (χ0) is 13.3. The molecule has 10 aliphatic rings. The van der Waals surface area contributed by atoms with Crippen LogP contribution in [0.25, 0.3) is 0 Å². The van der Waals surface area contributed by atoms with Gasteiger partial charge >= 0.3 is 112 Å². The summed E-state index contributed by atoms with van der Waals surface area (Å²) in [7, 11) is 1.75. The van der Waals surface area contributed by atoms with Crippen LogP contribution < -0.4 is 4.74 Å². The SMILES string of the molecule is COc1ccc([C]23[CH]4[CH]5[CH]6[CH]2[Fe]56432789[CH]3[CH]2[CH]7[C]8(C=O)[CH]39)cc1. The van der Waals surface area contributed by atoms with Crippen LogP contribution in [0.15, 0.2) is 24.3 Å². The normalized spacial score (nSPS) is 102. The van der Waals surface area contributed by atoms with Gasteiger partial charge in [0.2, 0.25) is 0 Å². The Kier molecular flexibility index (Phi) is 0.292. The van der Waals surface area contributed by atoms with Crippen molar-refractivity contribution in [3.05, 3.63) is 29.8 Å². The van der Waals surface area contributed by atoms with Gasteiger partial charge in [-0.2, -0.15) is 0 Å². The molecule has 0 bridgehead atoms. The van der Waals surface area contributed by atoms with E-state index in [4.69, 9.17) is 4.74 Å². The Labute approximate surface area is 112 Å². The van der Waals surface area contributed by atoms with E-state index in [0.29, 0.717) is 8.63 Å². The summed E-state index contributed by atoms with van der Waals surface area (Å²) in [5.74, 6) is 0.982. The number of benzene rings is 1. The first-order valence-electron chi connectivity index (χ1n) is 8.35. The van der Waals surface area contributed by atoms with Crippen molar-refractivity contribution < 1.29 is 16.0 Å². The summed E-state index contributed by atoms with van der Waals surface area (Å²) in [5, 5.41) is 0. The molecule has 1 aromatic carbocycles. The van der Waals surface area contributed by atoms with Crippen molar-refractivity contribution in [1.82, 2.24) is 0 Å². The van der Waals surface area contributed by atoms with E-state index in [-0.39, 0.29) is 0 Å². The van der Waals surface area contributed by atoms with E-state index in [2.05, 4.69) is 24.3 Å². The Hall–Kier alpha value is -0.791. The number of ether oxygens (including phenoxy) is 1. The van der Waals surface area contributed by atoms with Crippen molar-refractivity contribution in [3.63, 3.8) is 0 Å². The van der Waals surface area contributed by atoms with Crippen LogP contribution in [0.1, 0.15) is 5.56 Å². The van der Waals surface area contributed by atoms with Gasteiger partial charge in [0, 0.05) is 0 Å². The molecule has 21 heavy (non-hydrogen) atoms. The maximum atomic E-state index is 12.3. The van der Waals surface area contributed by atoms with E-state index < -0.39 is 6.51 Å². The third-order valence-electron chi connectivity index (χ3n) is 16.6. The predicted octanol–water partition coefficient (Wildman–Crippen LogP) is 4.06. The minimum absolute atomic E-state index is 0.383. The van der Waals surface area contributed by atoms with Gasteiger partial charge in [-0.05, 0) is 0 Å². The van der Waals surface area contributed by atoms with Crippen LogP contribution in [0.3, 0.4) is 0 Å².